The molecule has 120 valence electrons. The SMILES string of the molecule is CC(N)C1CCCCN1S(=O)(=O)c1ccc(Br)cc1Cl.Cl. The summed E-state index contributed by atoms with van der Waals surface area (Å²) in [5.74, 6) is 0. The van der Waals surface area contributed by atoms with Crippen LogP contribution >= 0.6 is 39.9 Å². The van der Waals surface area contributed by atoms with Crippen LogP contribution in [0.15, 0.2) is 27.6 Å². The third-order valence-electron chi connectivity index (χ3n) is 3.59. The Labute approximate surface area is 145 Å². The van der Waals surface area contributed by atoms with Crippen LogP contribution in [0.2, 0.25) is 5.02 Å². The highest BCUT2D eigenvalue weighted by Gasteiger charge is 2.36. The molecular weight excluding hydrogens is 399 g/mol. The quantitative estimate of drug-likeness (QED) is 0.819. The summed E-state index contributed by atoms with van der Waals surface area (Å²) >= 11 is 9.37. The van der Waals surface area contributed by atoms with Crippen LogP contribution in [0.3, 0.4) is 0 Å². The number of nitrogens with zero attached hydrogens (tertiary/aromatic N) is 1. The lowest BCUT2D eigenvalue weighted by Gasteiger charge is -2.37. The van der Waals surface area contributed by atoms with Crippen LogP contribution in [0.4, 0.5) is 0 Å². The Morgan fingerprint density at radius 1 is 1.43 bits per heavy atom. The molecule has 0 spiro atoms. The molecule has 2 rings (SSSR count). The fourth-order valence-corrected chi connectivity index (χ4v) is 5.35. The molecule has 0 aliphatic carbocycles. The lowest BCUT2D eigenvalue weighted by Crippen LogP contribution is -2.51. The van der Waals surface area contributed by atoms with E-state index in [0.29, 0.717) is 6.54 Å². The van der Waals surface area contributed by atoms with Gasteiger partial charge in [-0.1, -0.05) is 34.0 Å². The third-order valence-corrected chi connectivity index (χ3v) is 6.49. The molecule has 1 aromatic rings. The Balaban J connectivity index is 0.00000220. The minimum absolute atomic E-state index is 0. The fraction of sp³-hybridized carbons (Fsp3) is 0.538. The highest BCUT2D eigenvalue weighted by Crippen LogP contribution is 2.31. The molecule has 0 radical (unpaired) electrons. The van der Waals surface area contributed by atoms with E-state index >= 15 is 0 Å². The predicted octanol–water partition coefficient (Wildman–Crippen LogP) is 3.41. The average molecular weight is 418 g/mol. The Morgan fingerprint density at radius 2 is 2.10 bits per heavy atom. The van der Waals surface area contributed by atoms with Crippen LogP contribution < -0.4 is 5.73 Å². The summed E-state index contributed by atoms with van der Waals surface area (Å²) in [5.41, 5.74) is 5.95. The topological polar surface area (TPSA) is 63.4 Å². The third kappa shape index (κ3) is 4.12. The Kier molecular flexibility index (Phi) is 6.96. The van der Waals surface area contributed by atoms with Gasteiger partial charge in [-0.05, 0) is 38.0 Å². The maximum atomic E-state index is 12.8. The molecule has 1 aliphatic rings. The van der Waals surface area contributed by atoms with Gasteiger partial charge in [0.25, 0.3) is 0 Å². The Hall–Kier alpha value is 0.150. The second kappa shape index (κ2) is 7.62. The first-order valence-electron chi connectivity index (χ1n) is 6.56. The minimum Gasteiger partial charge on any atom is -0.326 e. The average Bonchev–Trinajstić information content (AvgIpc) is 2.38. The number of benzene rings is 1. The van der Waals surface area contributed by atoms with Crippen molar-refractivity contribution in [1.29, 1.82) is 0 Å². The number of sulfonamides is 1. The van der Waals surface area contributed by atoms with Crippen molar-refractivity contribution in [1.82, 2.24) is 4.31 Å². The van der Waals surface area contributed by atoms with Crippen molar-refractivity contribution in [2.45, 2.75) is 43.2 Å². The van der Waals surface area contributed by atoms with Gasteiger partial charge in [-0.2, -0.15) is 4.31 Å². The molecule has 1 aromatic carbocycles. The van der Waals surface area contributed by atoms with Crippen molar-refractivity contribution in [2.75, 3.05) is 6.54 Å². The molecule has 2 atom stereocenters. The highest BCUT2D eigenvalue weighted by molar-refractivity contribution is 9.10. The number of hydrogen-bond donors (Lipinski definition) is 1. The van der Waals surface area contributed by atoms with Gasteiger partial charge in [0.05, 0.1) is 5.02 Å². The van der Waals surface area contributed by atoms with Gasteiger partial charge in [0, 0.05) is 23.1 Å². The van der Waals surface area contributed by atoms with E-state index in [-0.39, 0.29) is 34.4 Å². The van der Waals surface area contributed by atoms with E-state index in [9.17, 15) is 8.42 Å². The molecule has 0 bridgehead atoms. The molecule has 1 aliphatic heterocycles. The second-order valence-electron chi connectivity index (χ2n) is 5.11. The largest absolute Gasteiger partial charge is 0.326 e. The zero-order chi connectivity index (χ0) is 14.9. The number of halogens is 3. The van der Waals surface area contributed by atoms with Crippen LogP contribution in [-0.4, -0.2) is 31.4 Å². The van der Waals surface area contributed by atoms with Crippen molar-refractivity contribution in [3.8, 4) is 0 Å². The predicted molar refractivity (Wildman–Crippen MR) is 91.6 cm³/mol. The van der Waals surface area contributed by atoms with Gasteiger partial charge in [-0.25, -0.2) is 8.42 Å². The van der Waals surface area contributed by atoms with Gasteiger partial charge < -0.3 is 5.73 Å². The summed E-state index contributed by atoms with van der Waals surface area (Å²) in [5, 5.41) is 0.230. The molecule has 2 N–H and O–H groups in total. The zero-order valence-corrected chi connectivity index (χ0v) is 15.6. The highest BCUT2D eigenvalue weighted by atomic mass is 79.9. The smallest absolute Gasteiger partial charge is 0.244 e. The molecule has 1 fully saturated rings. The summed E-state index contributed by atoms with van der Waals surface area (Å²) in [7, 11) is -3.60. The lowest BCUT2D eigenvalue weighted by molar-refractivity contribution is 0.227. The molecular formula is C13H19BrCl2N2O2S. The van der Waals surface area contributed by atoms with Crippen molar-refractivity contribution < 1.29 is 8.42 Å². The number of nitrogens with two attached hydrogens (primary N) is 1. The summed E-state index contributed by atoms with van der Waals surface area (Å²) in [6.07, 6.45) is 2.66. The van der Waals surface area contributed by atoms with Crippen LogP contribution in [0, 0.1) is 0 Å². The first kappa shape index (κ1) is 19.2. The van der Waals surface area contributed by atoms with Gasteiger partial charge in [0.1, 0.15) is 4.90 Å². The maximum Gasteiger partial charge on any atom is 0.244 e. The molecule has 1 saturated heterocycles. The van der Waals surface area contributed by atoms with Crippen LogP contribution in [0.5, 0.6) is 0 Å². The molecule has 0 saturated carbocycles. The van der Waals surface area contributed by atoms with Crippen molar-refractivity contribution in [2.24, 2.45) is 5.73 Å². The van der Waals surface area contributed by atoms with E-state index in [2.05, 4.69) is 15.9 Å². The van der Waals surface area contributed by atoms with E-state index in [4.69, 9.17) is 17.3 Å². The molecule has 21 heavy (non-hydrogen) atoms. The summed E-state index contributed by atoms with van der Waals surface area (Å²) in [4.78, 5) is 0.148. The summed E-state index contributed by atoms with van der Waals surface area (Å²) in [6.45, 7) is 2.35. The number of hydrogen-bond acceptors (Lipinski definition) is 3. The molecule has 8 heteroatoms. The maximum absolute atomic E-state index is 12.8. The van der Waals surface area contributed by atoms with E-state index in [1.54, 1.807) is 12.1 Å². The normalized spacial score (nSPS) is 21.6. The molecule has 2 unspecified atom stereocenters. The summed E-state index contributed by atoms with van der Waals surface area (Å²) < 4.78 is 27.9. The van der Waals surface area contributed by atoms with Crippen molar-refractivity contribution >= 4 is 50.0 Å². The van der Waals surface area contributed by atoms with Gasteiger partial charge in [0.2, 0.25) is 10.0 Å². The van der Waals surface area contributed by atoms with E-state index < -0.39 is 10.0 Å². The first-order valence-corrected chi connectivity index (χ1v) is 9.17. The number of rotatable bonds is 3. The van der Waals surface area contributed by atoms with Gasteiger partial charge in [-0.3, -0.25) is 0 Å². The number of piperidine rings is 1. The zero-order valence-electron chi connectivity index (χ0n) is 11.6. The Bertz CT molecular complexity index is 596. The standard InChI is InChI=1S/C13H18BrClN2O2S.ClH/c1-9(16)12-4-2-3-7-17(12)20(18,19)13-6-5-10(14)8-11(13)15;/h5-6,8-9,12H,2-4,7,16H2,1H3;1H. The first-order chi connectivity index (χ1) is 9.34. The summed E-state index contributed by atoms with van der Waals surface area (Å²) in [6, 6.07) is 4.46. The second-order valence-corrected chi connectivity index (χ2v) is 8.29. The van der Waals surface area contributed by atoms with Gasteiger partial charge in [-0.15, -0.1) is 12.4 Å². The molecule has 1 heterocycles. The van der Waals surface area contributed by atoms with Crippen molar-refractivity contribution in [3.63, 3.8) is 0 Å². The van der Waals surface area contributed by atoms with E-state index in [1.807, 2.05) is 6.92 Å². The van der Waals surface area contributed by atoms with E-state index in [0.717, 1.165) is 23.7 Å². The molecule has 0 aromatic heterocycles. The van der Waals surface area contributed by atoms with Gasteiger partial charge in [0.15, 0.2) is 0 Å². The fourth-order valence-electron chi connectivity index (χ4n) is 2.57. The van der Waals surface area contributed by atoms with Crippen molar-refractivity contribution in [3.05, 3.63) is 27.7 Å². The minimum atomic E-state index is -3.60. The monoisotopic (exact) mass is 416 g/mol. The van der Waals surface area contributed by atoms with Gasteiger partial charge >= 0.3 is 0 Å². The van der Waals surface area contributed by atoms with Crippen LogP contribution in [-0.2, 0) is 10.0 Å². The van der Waals surface area contributed by atoms with Crippen LogP contribution in [0.25, 0.3) is 0 Å². The van der Waals surface area contributed by atoms with Crippen LogP contribution in [0.1, 0.15) is 26.2 Å². The lowest BCUT2D eigenvalue weighted by atomic mass is 10.00. The van der Waals surface area contributed by atoms with E-state index in [1.165, 1.54) is 10.4 Å². The Morgan fingerprint density at radius 3 is 2.67 bits per heavy atom. The molecule has 0 amide bonds. The molecule has 4 nitrogen and oxygen atoms in total.